The number of aliphatic hydroxyl groups is 1. The van der Waals surface area contributed by atoms with Crippen LogP contribution >= 0.6 is 0 Å². The molecule has 0 aliphatic carbocycles. The lowest BCUT2D eigenvalue weighted by molar-refractivity contribution is 0.0313. The SMILES string of the molecule is Cc1ccc(-c2cnc3c(c2)C(=O)N([C@@H](C)CO)C[C@H](C)[C@H](CN(C)C(=O)c2ccncc2)O3)cc1. The minimum absolute atomic E-state index is 0.123. The number of aromatic nitrogens is 2. The molecule has 36 heavy (non-hydrogen) atoms. The van der Waals surface area contributed by atoms with Crippen LogP contribution in [0.15, 0.2) is 61.1 Å². The van der Waals surface area contributed by atoms with Gasteiger partial charge < -0.3 is 19.6 Å². The zero-order valence-corrected chi connectivity index (χ0v) is 21.1. The molecular formula is C28H32N4O4. The van der Waals surface area contributed by atoms with Crippen LogP contribution in [0.3, 0.4) is 0 Å². The lowest BCUT2D eigenvalue weighted by Crippen LogP contribution is -2.50. The van der Waals surface area contributed by atoms with Crippen molar-refractivity contribution in [3.8, 4) is 17.0 Å². The molecule has 3 aromatic rings. The number of aliphatic hydroxyl groups excluding tert-OH is 1. The van der Waals surface area contributed by atoms with Crippen LogP contribution in [0.2, 0.25) is 0 Å². The van der Waals surface area contributed by atoms with Gasteiger partial charge in [-0.2, -0.15) is 0 Å². The maximum atomic E-state index is 13.6. The first kappa shape index (κ1) is 25.3. The predicted octanol–water partition coefficient (Wildman–Crippen LogP) is 3.44. The monoisotopic (exact) mass is 488 g/mol. The Hall–Kier alpha value is -3.78. The van der Waals surface area contributed by atoms with Gasteiger partial charge in [0.2, 0.25) is 5.88 Å². The number of ether oxygens (including phenoxy) is 1. The van der Waals surface area contributed by atoms with Gasteiger partial charge in [0.25, 0.3) is 11.8 Å². The Morgan fingerprint density at radius 2 is 1.89 bits per heavy atom. The molecule has 188 valence electrons. The standard InChI is InChI=1S/C28H32N4O4/c1-18-5-7-21(8-6-18)23-13-24-26(30-14-23)36-25(19(2)15-32(28(24)35)20(3)17-33)16-31(4)27(34)22-9-11-29-12-10-22/h5-14,19-20,25,33H,15-17H2,1-4H3/t19-,20-,25-/m0/s1. The van der Waals surface area contributed by atoms with Crippen LogP contribution in [0.4, 0.5) is 0 Å². The molecule has 1 aliphatic rings. The summed E-state index contributed by atoms with van der Waals surface area (Å²) in [6.07, 6.45) is 4.45. The summed E-state index contributed by atoms with van der Waals surface area (Å²) in [6, 6.07) is 12.8. The van der Waals surface area contributed by atoms with Crippen molar-refractivity contribution in [3.63, 3.8) is 0 Å². The predicted molar refractivity (Wildman–Crippen MR) is 137 cm³/mol. The van der Waals surface area contributed by atoms with Gasteiger partial charge >= 0.3 is 0 Å². The van der Waals surface area contributed by atoms with E-state index in [9.17, 15) is 14.7 Å². The molecule has 0 spiro atoms. The maximum absolute atomic E-state index is 13.6. The minimum atomic E-state index is -0.418. The highest BCUT2D eigenvalue weighted by Gasteiger charge is 2.35. The second-order valence-electron chi connectivity index (χ2n) is 9.49. The minimum Gasteiger partial charge on any atom is -0.472 e. The first-order valence-corrected chi connectivity index (χ1v) is 12.1. The highest BCUT2D eigenvalue weighted by Crippen LogP contribution is 2.30. The van der Waals surface area contributed by atoms with Gasteiger partial charge in [-0.05, 0) is 37.6 Å². The number of carbonyl (C=O) groups is 2. The number of carbonyl (C=O) groups excluding carboxylic acids is 2. The molecule has 2 amide bonds. The summed E-state index contributed by atoms with van der Waals surface area (Å²) in [5.41, 5.74) is 3.77. The molecule has 4 rings (SSSR count). The molecule has 1 aliphatic heterocycles. The van der Waals surface area contributed by atoms with E-state index in [0.717, 1.165) is 16.7 Å². The largest absolute Gasteiger partial charge is 0.472 e. The van der Waals surface area contributed by atoms with E-state index in [2.05, 4.69) is 9.97 Å². The van der Waals surface area contributed by atoms with Crippen molar-refractivity contribution in [1.29, 1.82) is 0 Å². The molecule has 0 saturated carbocycles. The number of hydrogen-bond acceptors (Lipinski definition) is 6. The number of fused-ring (bicyclic) bond motifs is 1. The zero-order chi connectivity index (χ0) is 25.8. The number of likely N-dealkylation sites (N-methyl/N-ethyl adjacent to an activating group) is 1. The number of nitrogens with zero attached hydrogens (tertiary/aromatic N) is 4. The second-order valence-corrected chi connectivity index (χ2v) is 9.49. The fourth-order valence-corrected chi connectivity index (χ4v) is 4.29. The highest BCUT2D eigenvalue weighted by atomic mass is 16.5. The van der Waals surface area contributed by atoms with Crippen LogP contribution in [0.1, 0.15) is 40.1 Å². The van der Waals surface area contributed by atoms with E-state index in [0.29, 0.717) is 24.2 Å². The summed E-state index contributed by atoms with van der Waals surface area (Å²) in [5.74, 6) is -0.274. The molecule has 8 heteroatoms. The molecule has 3 heterocycles. The topological polar surface area (TPSA) is 95.9 Å². The summed E-state index contributed by atoms with van der Waals surface area (Å²) in [5, 5.41) is 9.87. The highest BCUT2D eigenvalue weighted by molar-refractivity contribution is 5.98. The summed E-state index contributed by atoms with van der Waals surface area (Å²) in [4.78, 5) is 38.4. The van der Waals surface area contributed by atoms with Crippen LogP contribution in [0.25, 0.3) is 11.1 Å². The average molecular weight is 489 g/mol. The third kappa shape index (κ3) is 5.39. The quantitative estimate of drug-likeness (QED) is 0.571. The van der Waals surface area contributed by atoms with Crippen LogP contribution in [0.5, 0.6) is 5.88 Å². The summed E-state index contributed by atoms with van der Waals surface area (Å²) in [7, 11) is 1.73. The maximum Gasteiger partial charge on any atom is 0.259 e. The van der Waals surface area contributed by atoms with E-state index in [1.54, 1.807) is 53.6 Å². The molecule has 1 aromatic carbocycles. The van der Waals surface area contributed by atoms with Crippen molar-refractivity contribution in [1.82, 2.24) is 19.8 Å². The van der Waals surface area contributed by atoms with Crippen molar-refractivity contribution < 1.29 is 19.4 Å². The van der Waals surface area contributed by atoms with Crippen molar-refractivity contribution in [2.45, 2.75) is 32.9 Å². The van der Waals surface area contributed by atoms with Gasteiger partial charge in [-0.1, -0.05) is 36.8 Å². The molecule has 0 saturated heterocycles. The Kier molecular flexibility index (Phi) is 7.64. The smallest absolute Gasteiger partial charge is 0.259 e. The summed E-state index contributed by atoms with van der Waals surface area (Å²) in [6.45, 7) is 6.33. The van der Waals surface area contributed by atoms with E-state index < -0.39 is 6.10 Å². The average Bonchev–Trinajstić information content (AvgIpc) is 2.90. The number of amides is 2. The molecule has 2 aromatic heterocycles. The normalized spacial score (nSPS) is 18.5. The molecule has 0 radical (unpaired) electrons. The molecule has 1 N–H and O–H groups in total. The Labute approximate surface area is 211 Å². The van der Waals surface area contributed by atoms with Crippen molar-refractivity contribution in [3.05, 3.63) is 77.7 Å². The third-order valence-corrected chi connectivity index (χ3v) is 6.63. The molecule has 3 atom stereocenters. The number of pyridine rings is 2. The van der Waals surface area contributed by atoms with E-state index in [-0.39, 0.29) is 36.3 Å². The molecular weight excluding hydrogens is 456 g/mol. The van der Waals surface area contributed by atoms with Crippen LogP contribution in [0, 0.1) is 12.8 Å². The van der Waals surface area contributed by atoms with Gasteiger partial charge in [0.05, 0.1) is 19.2 Å². The number of benzene rings is 1. The Morgan fingerprint density at radius 3 is 2.56 bits per heavy atom. The zero-order valence-electron chi connectivity index (χ0n) is 21.1. The van der Waals surface area contributed by atoms with Gasteiger partial charge in [-0.15, -0.1) is 0 Å². The van der Waals surface area contributed by atoms with Gasteiger partial charge in [0, 0.05) is 49.2 Å². The number of aryl methyl sites for hydroxylation is 1. The first-order valence-electron chi connectivity index (χ1n) is 12.1. The Balaban J connectivity index is 1.68. The molecule has 0 bridgehead atoms. The fraction of sp³-hybridized carbons (Fsp3) is 0.357. The van der Waals surface area contributed by atoms with E-state index >= 15 is 0 Å². The summed E-state index contributed by atoms with van der Waals surface area (Å²) >= 11 is 0. The van der Waals surface area contributed by atoms with Crippen LogP contribution in [-0.4, -0.2) is 75.6 Å². The van der Waals surface area contributed by atoms with E-state index in [4.69, 9.17) is 4.74 Å². The molecule has 8 nitrogen and oxygen atoms in total. The first-order chi connectivity index (χ1) is 17.3. The number of hydrogen-bond donors (Lipinski definition) is 1. The van der Waals surface area contributed by atoms with Crippen LogP contribution in [-0.2, 0) is 0 Å². The van der Waals surface area contributed by atoms with E-state index in [1.165, 1.54) is 0 Å². The van der Waals surface area contributed by atoms with Crippen molar-refractivity contribution in [2.24, 2.45) is 5.92 Å². The van der Waals surface area contributed by atoms with Gasteiger partial charge in [-0.3, -0.25) is 14.6 Å². The second kappa shape index (κ2) is 10.9. The van der Waals surface area contributed by atoms with Gasteiger partial charge in [0.1, 0.15) is 11.7 Å². The third-order valence-electron chi connectivity index (χ3n) is 6.63. The van der Waals surface area contributed by atoms with Crippen molar-refractivity contribution in [2.75, 3.05) is 26.7 Å². The lowest BCUT2D eigenvalue weighted by atomic mass is 9.99. The molecule has 0 fully saturated rings. The number of rotatable bonds is 6. The van der Waals surface area contributed by atoms with Gasteiger partial charge in [0.15, 0.2) is 0 Å². The van der Waals surface area contributed by atoms with Crippen LogP contribution < -0.4 is 4.74 Å². The summed E-state index contributed by atoms with van der Waals surface area (Å²) < 4.78 is 6.32. The van der Waals surface area contributed by atoms with Crippen molar-refractivity contribution >= 4 is 11.8 Å². The lowest BCUT2D eigenvalue weighted by Gasteiger charge is -2.37. The van der Waals surface area contributed by atoms with Gasteiger partial charge in [-0.25, -0.2) is 4.98 Å². The molecule has 0 unspecified atom stereocenters. The Bertz CT molecular complexity index is 1220. The Morgan fingerprint density at radius 1 is 1.19 bits per heavy atom. The fourth-order valence-electron chi connectivity index (χ4n) is 4.29. The van der Waals surface area contributed by atoms with E-state index in [1.807, 2.05) is 45.0 Å².